The molecule has 0 saturated heterocycles. The van der Waals surface area contributed by atoms with Crippen molar-refractivity contribution >= 4 is 31.9 Å². The predicted molar refractivity (Wildman–Crippen MR) is 102 cm³/mol. The van der Waals surface area contributed by atoms with E-state index < -0.39 is 6.10 Å². The molecule has 0 aliphatic heterocycles. The average molecular weight is 459 g/mol. The number of benzene rings is 2. The van der Waals surface area contributed by atoms with Crippen LogP contribution >= 0.6 is 31.9 Å². The van der Waals surface area contributed by atoms with Crippen molar-refractivity contribution in [2.75, 3.05) is 26.3 Å². The van der Waals surface area contributed by atoms with Gasteiger partial charge in [-0.1, -0.05) is 46.3 Å². The van der Waals surface area contributed by atoms with Gasteiger partial charge in [-0.05, 0) is 39.7 Å². The van der Waals surface area contributed by atoms with E-state index in [-0.39, 0.29) is 13.2 Å². The fourth-order valence-corrected chi connectivity index (χ4v) is 3.51. The molecule has 0 amide bonds. The van der Waals surface area contributed by atoms with Crippen molar-refractivity contribution in [1.82, 2.24) is 4.90 Å². The molecule has 2 N–H and O–H groups in total. The largest absolute Gasteiger partial charge is 0.490 e. The van der Waals surface area contributed by atoms with Gasteiger partial charge in [-0.3, -0.25) is 4.90 Å². The van der Waals surface area contributed by atoms with E-state index >= 15 is 0 Å². The molecule has 2 aromatic rings. The van der Waals surface area contributed by atoms with Gasteiger partial charge in [0.25, 0.3) is 0 Å². The molecule has 0 saturated carbocycles. The summed E-state index contributed by atoms with van der Waals surface area (Å²) in [6.07, 6.45) is -0.643. The lowest BCUT2D eigenvalue weighted by Crippen LogP contribution is -2.37. The van der Waals surface area contributed by atoms with Gasteiger partial charge in [-0.15, -0.1) is 0 Å². The normalized spacial score (nSPS) is 12.4. The zero-order valence-electron chi connectivity index (χ0n) is 13.2. The van der Waals surface area contributed by atoms with Crippen LogP contribution < -0.4 is 4.74 Å². The number of hydrogen-bond donors (Lipinski definition) is 2. The molecule has 0 aliphatic rings. The van der Waals surface area contributed by atoms with Crippen LogP contribution in [0.25, 0.3) is 0 Å². The monoisotopic (exact) mass is 457 g/mol. The summed E-state index contributed by atoms with van der Waals surface area (Å²) in [7, 11) is 0. The number of rotatable bonds is 9. The third kappa shape index (κ3) is 6.53. The van der Waals surface area contributed by atoms with Crippen LogP contribution in [0.3, 0.4) is 0 Å². The van der Waals surface area contributed by atoms with E-state index in [1.807, 2.05) is 53.4 Å². The Hall–Kier alpha value is -0.920. The number of halogens is 2. The van der Waals surface area contributed by atoms with E-state index in [4.69, 9.17) is 4.74 Å². The third-order valence-corrected chi connectivity index (χ3v) is 4.57. The molecule has 0 heterocycles. The van der Waals surface area contributed by atoms with Gasteiger partial charge in [-0.2, -0.15) is 0 Å². The highest BCUT2D eigenvalue weighted by atomic mass is 79.9. The van der Waals surface area contributed by atoms with Crippen molar-refractivity contribution in [3.8, 4) is 5.75 Å². The lowest BCUT2D eigenvalue weighted by Gasteiger charge is -2.24. The molecule has 0 radical (unpaired) electrons. The standard InChI is InChI=1S/C18H21Br2NO3/c19-15-6-7-18(17(20)10-15)24-13-16(23)12-21(8-9-22)11-14-4-2-1-3-5-14/h1-7,10,16,22-23H,8-9,11-13H2. The van der Waals surface area contributed by atoms with Crippen molar-refractivity contribution in [2.45, 2.75) is 12.6 Å². The second kappa shape index (κ2) is 10.2. The minimum atomic E-state index is -0.643. The first kappa shape index (κ1) is 19.4. The Balaban J connectivity index is 1.86. The molecule has 6 heteroatoms. The first-order chi connectivity index (χ1) is 11.6. The fraction of sp³-hybridized carbons (Fsp3) is 0.333. The van der Waals surface area contributed by atoms with Crippen LogP contribution in [0.2, 0.25) is 0 Å². The molecule has 0 spiro atoms. The van der Waals surface area contributed by atoms with Gasteiger partial charge in [0.05, 0.1) is 11.1 Å². The second-order valence-corrected chi connectivity index (χ2v) is 7.25. The number of nitrogens with zero attached hydrogens (tertiary/aromatic N) is 1. The molecule has 0 bridgehead atoms. The summed E-state index contributed by atoms with van der Waals surface area (Å²) >= 11 is 6.83. The zero-order chi connectivity index (χ0) is 17.4. The van der Waals surface area contributed by atoms with Crippen molar-refractivity contribution < 1.29 is 14.9 Å². The van der Waals surface area contributed by atoms with E-state index in [0.717, 1.165) is 14.5 Å². The lowest BCUT2D eigenvalue weighted by atomic mass is 10.2. The van der Waals surface area contributed by atoms with Crippen molar-refractivity contribution in [2.24, 2.45) is 0 Å². The summed E-state index contributed by atoms with van der Waals surface area (Å²) < 4.78 is 7.47. The van der Waals surface area contributed by atoms with Gasteiger partial charge in [0, 0.05) is 24.1 Å². The summed E-state index contributed by atoms with van der Waals surface area (Å²) in [5.41, 5.74) is 1.15. The van der Waals surface area contributed by atoms with Crippen LogP contribution in [-0.2, 0) is 6.54 Å². The quantitative estimate of drug-likeness (QED) is 0.604. The van der Waals surface area contributed by atoms with Gasteiger partial charge in [0.2, 0.25) is 0 Å². The Morgan fingerprint density at radius 2 is 1.83 bits per heavy atom. The summed E-state index contributed by atoms with van der Waals surface area (Å²) in [6, 6.07) is 15.6. The molecule has 2 rings (SSSR count). The van der Waals surface area contributed by atoms with Crippen molar-refractivity contribution in [3.63, 3.8) is 0 Å². The number of hydrogen-bond acceptors (Lipinski definition) is 4. The van der Waals surface area contributed by atoms with Crippen molar-refractivity contribution in [3.05, 3.63) is 63.0 Å². The first-order valence-electron chi connectivity index (χ1n) is 7.71. The molecule has 1 unspecified atom stereocenters. The number of aliphatic hydroxyl groups is 2. The molecule has 24 heavy (non-hydrogen) atoms. The Kier molecular flexibility index (Phi) is 8.21. The molecular weight excluding hydrogens is 438 g/mol. The van der Waals surface area contributed by atoms with Gasteiger partial charge in [-0.25, -0.2) is 0 Å². The molecule has 2 aromatic carbocycles. The van der Waals surface area contributed by atoms with Crippen LogP contribution in [0, 0.1) is 0 Å². The second-order valence-electron chi connectivity index (χ2n) is 5.48. The SMILES string of the molecule is OCCN(Cc1ccccc1)CC(O)COc1ccc(Br)cc1Br. The van der Waals surface area contributed by atoms with Crippen LogP contribution in [0.5, 0.6) is 5.75 Å². The van der Waals surface area contributed by atoms with E-state index in [0.29, 0.717) is 25.4 Å². The highest BCUT2D eigenvalue weighted by Gasteiger charge is 2.13. The molecule has 0 aromatic heterocycles. The summed E-state index contributed by atoms with van der Waals surface area (Å²) in [5.74, 6) is 0.689. The van der Waals surface area contributed by atoms with Crippen LogP contribution in [0.1, 0.15) is 5.56 Å². The number of aliphatic hydroxyl groups excluding tert-OH is 2. The first-order valence-corrected chi connectivity index (χ1v) is 9.30. The Labute approximate surface area is 159 Å². The third-order valence-electron chi connectivity index (χ3n) is 3.46. The smallest absolute Gasteiger partial charge is 0.133 e. The molecule has 0 fully saturated rings. The summed E-state index contributed by atoms with van der Waals surface area (Å²) in [5, 5.41) is 19.5. The molecule has 4 nitrogen and oxygen atoms in total. The predicted octanol–water partition coefficient (Wildman–Crippen LogP) is 3.45. The highest BCUT2D eigenvalue weighted by molar-refractivity contribution is 9.11. The van der Waals surface area contributed by atoms with Gasteiger partial charge in [0.1, 0.15) is 18.5 Å². The minimum absolute atomic E-state index is 0.0542. The Bertz CT molecular complexity index is 625. The molecular formula is C18H21Br2NO3. The van der Waals surface area contributed by atoms with Gasteiger partial charge < -0.3 is 14.9 Å². The topological polar surface area (TPSA) is 52.9 Å². The van der Waals surface area contributed by atoms with Crippen molar-refractivity contribution in [1.29, 1.82) is 0 Å². The van der Waals surface area contributed by atoms with E-state index in [2.05, 4.69) is 31.9 Å². The van der Waals surface area contributed by atoms with E-state index in [9.17, 15) is 10.2 Å². The zero-order valence-corrected chi connectivity index (χ0v) is 16.4. The Morgan fingerprint density at radius 1 is 1.08 bits per heavy atom. The maximum Gasteiger partial charge on any atom is 0.133 e. The van der Waals surface area contributed by atoms with Gasteiger partial charge in [0.15, 0.2) is 0 Å². The molecule has 0 aliphatic carbocycles. The van der Waals surface area contributed by atoms with Crippen LogP contribution in [0.15, 0.2) is 57.5 Å². The van der Waals surface area contributed by atoms with E-state index in [1.165, 1.54) is 0 Å². The number of ether oxygens (including phenoxy) is 1. The molecule has 130 valence electrons. The maximum atomic E-state index is 10.3. The fourth-order valence-electron chi connectivity index (χ4n) is 2.35. The lowest BCUT2D eigenvalue weighted by molar-refractivity contribution is 0.0588. The Morgan fingerprint density at radius 3 is 2.50 bits per heavy atom. The van der Waals surface area contributed by atoms with Crippen LogP contribution in [-0.4, -0.2) is 47.5 Å². The maximum absolute atomic E-state index is 10.3. The summed E-state index contributed by atoms with van der Waals surface area (Å²) in [6.45, 7) is 1.87. The summed E-state index contributed by atoms with van der Waals surface area (Å²) in [4.78, 5) is 2.01. The minimum Gasteiger partial charge on any atom is -0.490 e. The van der Waals surface area contributed by atoms with Crippen LogP contribution in [0.4, 0.5) is 0 Å². The van der Waals surface area contributed by atoms with E-state index in [1.54, 1.807) is 0 Å². The highest BCUT2D eigenvalue weighted by Crippen LogP contribution is 2.28. The van der Waals surface area contributed by atoms with Gasteiger partial charge >= 0.3 is 0 Å². The molecule has 1 atom stereocenters. The average Bonchev–Trinajstić information content (AvgIpc) is 2.55.